The first kappa shape index (κ1) is 21.4. The maximum atomic E-state index is 13.0. The molecule has 0 unspecified atom stereocenters. The number of primary sulfonamides is 1. The number of rotatable bonds is 5. The molecule has 1 aromatic heterocycles. The first-order valence-electron chi connectivity index (χ1n) is 9.57. The van der Waals surface area contributed by atoms with E-state index >= 15 is 0 Å². The van der Waals surface area contributed by atoms with Gasteiger partial charge in [0.1, 0.15) is 17.4 Å². The van der Waals surface area contributed by atoms with Gasteiger partial charge in [0.25, 0.3) is 5.91 Å². The largest absolute Gasteiger partial charge is 0.487 e. The summed E-state index contributed by atoms with van der Waals surface area (Å²) in [6, 6.07) is 9.39. The summed E-state index contributed by atoms with van der Waals surface area (Å²) in [5.41, 5.74) is 0.954. The van der Waals surface area contributed by atoms with E-state index in [9.17, 15) is 18.0 Å². The minimum atomic E-state index is -3.75. The molecule has 0 radical (unpaired) electrons. The summed E-state index contributed by atoms with van der Waals surface area (Å²) < 4.78 is 30.3. The molecule has 0 saturated carbocycles. The van der Waals surface area contributed by atoms with Crippen LogP contribution < -0.4 is 20.6 Å². The molecule has 0 aliphatic carbocycles. The molecule has 4 rings (SSSR count). The molecule has 10 heteroatoms. The predicted octanol–water partition coefficient (Wildman–Crippen LogP) is 2.06. The lowest BCUT2D eigenvalue weighted by Crippen LogP contribution is -2.33. The van der Waals surface area contributed by atoms with Crippen LogP contribution in [0.15, 0.2) is 52.3 Å². The van der Waals surface area contributed by atoms with E-state index in [2.05, 4.69) is 5.32 Å². The molecule has 31 heavy (non-hydrogen) atoms. The van der Waals surface area contributed by atoms with Gasteiger partial charge in [-0.1, -0.05) is 23.7 Å². The fraction of sp³-hybridized carbons (Fsp3) is 0.238. The number of hydrogen-bond acceptors (Lipinski definition) is 5. The number of carbonyl (C=O) groups is 1. The van der Waals surface area contributed by atoms with Gasteiger partial charge >= 0.3 is 0 Å². The van der Waals surface area contributed by atoms with Gasteiger partial charge in [-0.05, 0) is 43.2 Å². The molecule has 0 fully saturated rings. The topological polar surface area (TPSA) is 120 Å². The van der Waals surface area contributed by atoms with Gasteiger partial charge in [0.15, 0.2) is 0 Å². The molecule has 2 heterocycles. The highest BCUT2D eigenvalue weighted by molar-refractivity contribution is 7.89. The highest BCUT2D eigenvalue weighted by atomic mass is 35.5. The van der Waals surface area contributed by atoms with Gasteiger partial charge in [0.05, 0.1) is 27.4 Å². The van der Waals surface area contributed by atoms with Crippen molar-refractivity contribution < 1.29 is 17.9 Å². The molecule has 3 aromatic rings. The van der Waals surface area contributed by atoms with Crippen LogP contribution in [0.5, 0.6) is 5.75 Å². The Morgan fingerprint density at radius 1 is 1.26 bits per heavy atom. The van der Waals surface area contributed by atoms with Crippen LogP contribution >= 0.6 is 11.6 Å². The van der Waals surface area contributed by atoms with Crippen molar-refractivity contribution in [2.24, 2.45) is 5.14 Å². The fourth-order valence-electron chi connectivity index (χ4n) is 3.66. The van der Waals surface area contributed by atoms with Crippen LogP contribution in [-0.2, 0) is 23.0 Å². The molecular formula is C21H20ClN3O5S. The third kappa shape index (κ3) is 4.16. The Morgan fingerprint density at radius 2 is 1.97 bits per heavy atom. The van der Waals surface area contributed by atoms with Crippen LogP contribution in [0.3, 0.4) is 0 Å². The number of aromatic nitrogens is 1. The van der Waals surface area contributed by atoms with Crippen LogP contribution in [0, 0.1) is 0 Å². The number of hydrogen-bond donors (Lipinski definition) is 2. The van der Waals surface area contributed by atoms with Crippen molar-refractivity contribution in [3.05, 3.63) is 69.0 Å². The summed E-state index contributed by atoms with van der Waals surface area (Å²) in [4.78, 5) is 25.8. The molecule has 1 amide bonds. The van der Waals surface area contributed by atoms with E-state index in [1.807, 2.05) is 11.5 Å². The first-order chi connectivity index (χ1) is 14.6. The number of ether oxygens (including phenoxy) is 1. The minimum Gasteiger partial charge on any atom is -0.487 e. The second-order valence-corrected chi connectivity index (χ2v) is 9.39. The van der Waals surface area contributed by atoms with Crippen LogP contribution in [0.25, 0.3) is 10.9 Å². The van der Waals surface area contributed by atoms with E-state index < -0.39 is 21.4 Å². The molecule has 1 aliphatic heterocycles. The van der Waals surface area contributed by atoms with Crippen LogP contribution in [0.1, 0.15) is 22.8 Å². The third-order valence-corrected chi connectivity index (χ3v) is 6.36. The van der Waals surface area contributed by atoms with Crippen LogP contribution in [-0.4, -0.2) is 31.5 Å². The Bertz CT molecular complexity index is 1350. The zero-order valence-electron chi connectivity index (χ0n) is 16.6. The lowest BCUT2D eigenvalue weighted by molar-refractivity contribution is 0.0951. The average molecular weight is 462 g/mol. The Kier molecular flexibility index (Phi) is 5.50. The SMILES string of the molecule is C[C@H]1Cn2cc(C(=O)NCCc3ccc(S(N)(=O)=O)cc3)c(=O)c3c(Cl)ccc(c32)O1. The quantitative estimate of drug-likeness (QED) is 0.602. The van der Waals surface area contributed by atoms with E-state index in [0.717, 1.165) is 5.56 Å². The number of benzene rings is 2. The number of amides is 1. The number of nitrogens with one attached hydrogen (secondary N) is 1. The normalized spacial score (nSPS) is 15.5. The molecule has 0 spiro atoms. The van der Waals surface area contributed by atoms with E-state index in [0.29, 0.717) is 24.2 Å². The second-order valence-electron chi connectivity index (χ2n) is 7.42. The average Bonchev–Trinajstić information content (AvgIpc) is 2.71. The summed E-state index contributed by atoms with van der Waals surface area (Å²) in [5, 5.41) is 8.36. The predicted molar refractivity (Wildman–Crippen MR) is 117 cm³/mol. The van der Waals surface area contributed by atoms with Crippen LogP contribution in [0.2, 0.25) is 5.02 Å². The minimum absolute atomic E-state index is 0.00484. The van der Waals surface area contributed by atoms with Gasteiger partial charge < -0.3 is 14.6 Å². The third-order valence-electron chi connectivity index (χ3n) is 5.11. The standard InChI is InChI=1S/C21H20ClN3O5S/c1-12-10-25-11-15(20(26)18-16(22)6-7-17(30-12)19(18)25)21(27)24-9-8-13-2-4-14(5-3-13)31(23,28)29/h2-7,11-12H,8-10H2,1H3,(H,24,27)(H2,23,28,29)/t12-/m0/s1. The Morgan fingerprint density at radius 3 is 2.65 bits per heavy atom. The van der Waals surface area contributed by atoms with Crippen molar-refractivity contribution in [1.29, 1.82) is 0 Å². The van der Waals surface area contributed by atoms with Crippen molar-refractivity contribution in [3.8, 4) is 5.75 Å². The van der Waals surface area contributed by atoms with Crippen molar-refractivity contribution in [2.75, 3.05) is 6.54 Å². The number of nitrogens with two attached hydrogens (primary N) is 1. The monoisotopic (exact) mass is 461 g/mol. The summed E-state index contributed by atoms with van der Waals surface area (Å²) in [5.74, 6) is 0.0579. The Labute approximate surface area is 183 Å². The van der Waals surface area contributed by atoms with E-state index in [1.54, 1.807) is 30.5 Å². The van der Waals surface area contributed by atoms with E-state index in [4.69, 9.17) is 21.5 Å². The fourth-order valence-corrected chi connectivity index (χ4v) is 4.41. The molecule has 0 saturated heterocycles. The molecule has 1 atom stereocenters. The van der Waals surface area contributed by atoms with Crippen molar-refractivity contribution in [1.82, 2.24) is 9.88 Å². The maximum absolute atomic E-state index is 13.0. The summed E-state index contributed by atoms with van der Waals surface area (Å²) in [7, 11) is -3.75. The Hall–Kier alpha value is -2.88. The van der Waals surface area contributed by atoms with Crippen molar-refractivity contribution >= 4 is 38.4 Å². The highest BCUT2D eigenvalue weighted by Gasteiger charge is 2.24. The molecule has 8 nitrogen and oxygen atoms in total. The number of carbonyl (C=O) groups excluding carboxylic acids is 1. The molecule has 1 aliphatic rings. The van der Waals surface area contributed by atoms with Gasteiger partial charge in [-0.2, -0.15) is 0 Å². The van der Waals surface area contributed by atoms with Crippen molar-refractivity contribution in [3.63, 3.8) is 0 Å². The van der Waals surface area contributed by atoms with E-state index in [1.165, 1.54) is 12.1 Å². The summed E-state index contributed by atoms with van der Waals surface area (Å²) in [6.45, 7) is 2.65. The number of nitrogens with zero attached hydrogens (tertiary/aromatic N) is 1. The first-order valence-corrected chi connectivity index (χ1v) is 11.5. The Balaban J connectivity index is 1.55. The van der Waals surface area contributed by atoms with Gasteiger partial charge in [-0.25, -0.2) is 13.6 Å². The van der Waals surface area contributed by atoms with Gasteiger partial charge in [-0.3, -0.25) is 9.59 Å². The number of pyridine rings is 1. The summed E-state index contributed by atoms with van der Waals surface area (Å²) >= 11 is 6.28. The lowest BCUT2D eigenvalue weighted by atomic mass is 10.1. The maximum Gasteiger partial charge on any atom is 0.256 e. The molecule has 162 valence electrons. The van der Waals surface area contributed by atoms with E-state index in [-0.39, 0.29) is 33.5 Å². The zero-order valence-corrected chi connectivity index (χ0v) is 18.2. The number of sulfonamides is 1. The molecule has 2 aromatic carbocycles. The van der Waals surface area contributed by atoms with Gasteiger partial charge in [-0.15, -0.1) is 0 Å². The summed E-state index contributed by atoms with van der Waals surface area (Å²) in [6.07, 6.45) is 1.88. The van der Waals surface area contributed by atoms with Gasteiger partial charge in [0.2, 0.25) is 15.5 Å². The lowest BCUT2D eigenvalue weighted by Gasteiger charge is -2.26. The van der Waals surface area contributed by atoms with Gasteiger partial charge in [0, 0.05) is 12.7 Å². The molecule has 3 N–H and O–H groups in total. The highest BCUT2D eigenvalue weighted by Crippen LogP contribution is 2.33. The number of halogens is 1. The zero-order chi connectivity index (χ0) is 22.3. The second kappa shape index (κ2) is 7.99. The van der Waals surface area contributed by atoms with Crippen molar-refractivity contribution in [2.45, 2.75) is 30.9 Å². The molecular weight excluding hydrogens is 442 g/mol. The molecule has 0 bridgehead atoms. The van der Waals surface area contributed by atoms with Crippen LogP contribution in [0.4, 0.5) is 0 Å². The smallest absolute Gasteiger partial charge is 0.256 e.